The molecule has 0 spiro atoms. The summed E-state index contributed by atoms with van der Waals surface area (Å²) in [7, 11) is 0. The molecule has 1 unspecified atom stereocenters. The van der Waals surface area contributed by atoms with E-state index in [1.54, 1.807) is 20.8 Å². The predicted octanol–water partition coefficient (Wildman–Crippen LogP) is 1.89. The van der Waals surface area contributed by atoms with Gasteiger partial charge in [0.1, 0.15) is 17.8 Å². The van der Waals surface area contributed by atoms with Crippen molar-refractivity contribution in [3.05, 3.63) is 0 Å². The van der Waals surface area contributed by atoms with Crippen LogP contribution in [0.4, 0.5) is 18.0 Å². The quantitative estimate of drug-likeness (QED) is 0.767. The third-order valence-electron chi connectivity index (χ3n) is 1.45. The van der Waals surface area contributed by atoms with Gasteiger partial charge in [-0.15, -0.1) is 0 Å². The maximum Gasteiger partial charge on any atom is 0.407 e. The molecular formula is C9H14F3NO3. The van der Waals surface area contributed by atoms with Crippen LogP contribution in [0.25, 0.3) is 0 Å². The summed E-state index contributed by atoms with van der Waals surface area (Å²) >= 11 is 0. The second kappa shape index (κ2) is 5.18. The highest BCUT2D eigenvalue weighted by Crippen LogP contribution is 2.23. The fraction of sp³-hybridized carbons (Fsp3) is 0.778. The molecule has 1 amide bonds. The molecule has 1 atom stereocenters. The molecule has 0 bridgehead atoms. The third kappa shape index (κ3) is 6.26. The molecule has 16 heavy (non-hydrogen) atoms. The van der Waals surface area contributed by atoms with Crippen molar-refractivity contribution >= 4 is 12.4 Å². The topological polar surface area (TPSA) is 55.4 Å². The van der Waals surface area contributed by atoms with Crippen molar-refractivity contribution in [1.82, 2.24) is 5.32 Å². The number of carbonyl (C=O) groups excluding carboxylic acids is 2. The Morgan fingerprint density at radius 2 is 1.88 bits per heavy atom. The van der Waals surface area contributed by atoms with E-state index < -0.39 is 30.3 Å². The standard InChI is InChI=1S/C9H14F3NO3/c1-8(2,3)16-7(15)13-4-6(5-14)9(10,11)12/h5-6H,4H2,1-3H3,(H,13,15). The molecule has 0 rings (SSSR count). The van der Waals surface area contributed by atoms with E-state index in [0.717, 1.165) is 0 Å². The zero-order valence-electron chi connectivity index (χ0n) is 9.22. The van der Waals surface area contributed by atoms with Crippen molar-refractivity contribution in [2.45, 2.75) is 32.5 Å². The van der Waals surface area contributed by atoms with Gasteiger partial charge in [-0.3, -0.25) is 0 Å². The zero-order chi connectivity index (χ0) is 13.0. The summed E-state index contributed by atoms with van der Waals surface area (Å²) in [6.07, 6.45) is -5.89. The molecule has 0 radical (unpaired) electrons. The van der Waals surface area contributed by atoms with Crippen LogP contribution in [0, 0.1) is 5.92 Å². The second-order valence-electron chi connectivity index (χ2n) is 4.17. The lowest BCUT2D eigenvalue weighted by Gasteiger charge is -2.21. The number of hydrogen-bond acceptors (Lipinski definition) is 3. The van der Waals surface area contributed by atoms with Gasteiger partial charge in [-0.05, 0) is 20.8 Å². The van der Waals surface area contributed by atoms with Crippen molar-refractivity contribution < 1.29 is 27.5 Å². The lowest BCUT2D eigenvalue weighted by molar-refractivity contribution is -0.172. The summed E-state index contributed by atoms with van der Waals surface area (Å²) in [6, 6.07) is 0. The molecular weight excluding hydrogens is 227 g/mol. The van der Waals surface area contributed by atoms with Crippen LogP contribution in [0.15, 0.2) is 0 Å². The Labute approximate surface area is 91.1 Å². The van der Waals surface area contributed by atoms with Crippen molar-refractivity contribution in [2.24, 2.45) is 5.92 Å². The van der Waals surface area contributed by atoms with E-state index in [1.165, 1.54) is 0 Å². The predicted molar refractivity (Wildman–Crippen MR) is 49.8 cm³/mol. The Morgan fingerprint density at radius 1 is 1.38 bits per heavy atom. The van der Waals surface area contributed by atoms with Gasteiger partial charge in [0.2, 0.25) is 0 Å². The van der Waals surface area contributed by atoms with Crippen molar-refractivity contribution in [1.29, 1.82) is 0 Å². The molecule has 4 nitrogen and oxygen atoms in total. The molecule has 0 saturated carbocycles. The van der Waals surface area contributed by atoms with E-state index in [4.69, 9.17) is 4.74 Å². The summed E-state index contributed by atoms with van der Waals surface area (Å²) in [5.74, 6) is -2.21. The van der Waals surface area contributed by atoms with Crippen LogP contribution >= 0.6 is 0 Å². The molecule has 1 N–H and O–H groups in total. The molecule has 0 fully saturated rings. The summed E-state index contributed by atoms with van der Waals surface area (Å²) < 4.78 is 41.0. The molecule has 0 aliphatic rings. The lowest BCUT2D eigenvalue weighted by atomic mass is 10.1. The normalized spacial score (nSPS) is 14.1. The van der Waals surface area contributed by atoms with Crippen molar-refractivity contribution in [3.63, 3.8) is 0 Å². The highest BCUT2D eigenvalue weighted by Gasteiger charge is 2.39. The molecule has 0 saturated heterocycles. The van der Waals surface area contributed by atoms with Gasteiger partial charge in [0.15, 0.2) is 0 Å². The summed E-state index contributed by atoms with van der Waals surface area (Å²) in [6.45, 7) is 3.91. The van der Waals surface area contributed by atoms with Gasteiger partial charge in [-0.1, -0.05) is 0 Å². The molecule has 0 heterocycles. The monoisotopic (exact) mass is 241 g/mol. The number of alkyl halides is 3. The molecule has 7 heteroatoms. The Balaban J connectivity index is 4.14. The third-order valence-corrected chi connectivity index (χ3v) is 1.45. The van der Waals surface area contributed by atoms with Gasteiger partial charge in [-0.25, -0.2) is 4.79 Å². The van der Waals surface area contributed by atoms with Crippen LogP contribution < -0.4 is 5.32 Å². The van der Waals surface area contributed by atoms with Crippen molar-refractivity contribution in [3.8, 4) is 0 Å². The lowest BCUT2D eigenvalue weighted by Crippen LogP contribution is -2.40. The van der Waals surface area contributed by atoms with Crippen LogP contribution in [-0.2, 0) is 9.53 Å². The fourth-order valence-electron chi connectivity index (χ4n) is 0.748. The molecule has 94 valence electrons. The number of amides is 1. The smallest absolute Gasteiger partial charge is 0.407 e. The summed E-state index contributed by atoms with van der Waals surface area (Å²) in [5.41, 5.74) is -0.793. The zero-order valence-corrected chi connectivity index (χ0v) is 9.22. The van der Waals surface area contributed by atoms with Gasteiger partial charge >= 0.3 is 12.3 Å². The number of halogens is 3. The second-order valence-corrected chi connectivity index (χ2v) is 4.17. The van der Waals surface area contributed by atoms with Gasteiger partial charge in [0.05, 0.1) is 0 Å². The minimum Gasteiger partial charge on any atom is -0.444 e. The van der Waals surface area contributed by atoms with Gasteiger partial charge in [-0.2, -0.15) is 13.2 Å². The Hall–Kier alpha value is -1.27. The van der Waals surface area contributed by atoms with E-state index in [0.29, 0.717) is 0 Å². The van der Waals surface area contributed by atoms with E-state index in [1.807, 2.05) is 5.32 Å². The maximum absolute atomic E-state index is 12.1. The molecule has 0 aliphatic carbocycles. The number of alkyl carbamates (subject to hydrolysis) is 1. The van der Waals surface area contributed by atoms with E-state index in [9.17, 15) is 22.8 Å². The first-order chi connectivity index (χ1) is 7.06. The molecule has 0 aromatic rings. The Bertz CT molecular complexity index is 258. The van der Waals surface area contributed by atoms with Crippen LogP contribution in [0.5, 0.6) is 0 Å². The number of hydrogen-bond donors (Lipinski definition) is 1. The minimum absolute atomic E-state index is 0.253. The van der Waals surface area contributed by atoms with Crippen LogP contribution in [-0.4, -0.2) is 30.7 Å². The average molecular weight is 241 g/mol. The van der Waals surface area contributed by atoms with Gasteiger partial charge < -0.3 is 14.8 Å². The first-order valence-corrected chi connectivity index (χ1v) is 4.55. The maximum atomic E-state index is 12.1. The van der Waals surface area contributed by atoms with Gasteiger partial charge in [0.25, 0.3) is 0 Å². The largest absolute Gasteiger partial charge is 0.444 e. The first-order valence-electron chi connectivity index (χ1n) is 4.55. The van der Waals surface area contributed by atoms with Gasteiger partial charge in [0, 0.05) is 6.54 Å². The molecule has 0 aliphatic heterocycles. The van der Waals surface area contributed by atoms with E-state index >= 15 is 0 Å². The summed E-state index contributed by atoms with van der Waals surface area (Å²) in [4.78, 5) is 21.1. The molecule has 0 aromatic carbocycles. The number of carbonyl (C=O) groups is 2. The van der Waals surface area contributed by atoms with Crippen molar-refractivity contribution in [2.75, 3.05) is 6.54 Å². The first kappa shape index (κ1) is 14.7. The molecule has 0 aromatic heterocycles. The fourth-order valence-corrected chi connectivity index (χ4v) is 0.748. The minimum atomic E-state index is -4.66. The SMILES string of the molecule is CC(C)(C)OC(=O)NCC(C=O)C(F)(F)F. The highest BCUT2D eigenvalue weighted by atomic mass is 19.4. The number of nitrogens with one attached hydrogen (secondary N) is 1. The van der Waals surface area contributed by atoms with Crippen LogP contribution in [0.1, 0.15) is 20.8 Å². The van der Waals surface area contributed by atoms with Crippen LogP contribution in [0.3, 0.4) is 0 Å². The Kier molecular flexibility index (Phi) is 4.77. The number of rotatable bonds is 3. The number of aldehydes is 1. The van der Waals surface area contributed by atoms with E-state index in [2.05, 4.69) is 0 Å². The van der Waals surface area contributed by atoms with E-state index in [-0.39, 0.29) is 6.29 Å². The van der Waals surface area contributed by atoms with Crippen LogP contribution in [0.2, 0.25) is 0 Å². The highest BCUT2D eigenvalue weighted by molar-refractivity contribution is 5.68. The Morgan fingerprint density at radius 3 is 2.19 bits per heavy atom. The number of ether oxygens (including phenoxy) is 1. The summed E-state index contributed by atoms with van der Waals surface area (Å²) in [5, 5.41) is 1.88. The average Bonchev–Trinajstić information content (AvgIpc) is 1.98.